The number of carbonyl (C=O) groups excluding carboxylic acids is 1. The second kappa shape index (κ2) is 13.8. The number of fused-ring (bicyclic) bond motifs is 1. The van der Waals surface area contributed by atoms with E-state index in [1.807, 2.05) is 48.5 Å². The van der Waals surface area contributed by atoms with E-state index in [4.69, 9.17) is 30.5 Å². The summed E-state index contributed by atoms with van der Waals surface area (Å²) in [7, 11) is 4.99. The van der Waals surface area contributed by atoms with E-state index in [-0.39, 0.29) is 34.9 Å². The number of aryl methyl sites for hydroxylation is 1. The topological polar surface area (TPSA) is 91.3 Å². The van der Waals surface area contributed by atoms with Crippen molar-refractivity contribution in [2.24, 2.45) is 7.05 Å². The van der Waals surface area contributed by atoms with Gasteiger partial charge < -0.3 is 33.7 Å². The van der Waals surface area contributed by atoms with Crippen LogP contribution >= 0.6 is 11.6 Å². The maximum absolute atomic E-state index is 13.7. The summed E-state index contributed by atoms with van der Waals surface area (Å²) in [6, 6.07) is 16.7. The molecule has 1 saturated heterocycles. The molecule has 226 valence electrons. The Bertz CT molecular complexity index is 1630. The van der Waals surface area contributed by atoms with Crippen LogP contribution in [0.15, 0.2) is 65.6 Å². The Morgan fingerprint density at radius 3 is 2.07 bits per heavy atom. The van der Waals surface area contributed by atoms with E-state index in [2.05, 4.69) is 10.2 Å². The van der Waals surface area contributed by atoms with Crippen molar-refractivity contribution in [3.63, 3.8) is 0 Å². The van der Waals surface area contributed by atoms with E-state index < -0.39 is 11.3 Å². The van der Waals surface area contributed by atoms with Crippen LogP contribution in [0.4, 0.5) is 0 Å². The molecular formula is C33H36ClN3O6. The summed E-state index contributed by atoms with van der Waals surface area (Å²) in [6.07, 6.45) is 3.88. The lowest BCUT2D eigenvalue weighted by atomic mass is 10.1. The number of pyridine rings is 1. The Balaban J connectivity index is 1.46. The standard InChI is InChI=1S/C33H36ClN3O6/c1-36-19-26(33(39)35-14-17-37-15-4-5-16-37)31(38)29-27(36)18-28(42-20-22-6-10-24(40-2)11-7-22)32(30(29)34)43-21-23-8-12-25(41-3)13-9-23/h6-13,18-19H,4-5,14-17,20-21H2,1-3H3,(H,35,39). The molecule has 0 unspecified atom stereocenters. The zero-order valence-corrected chi connectivity index (χ0v) is 25.4. The zero-order chi connectivity index (χ0) is 30.3. The second-order valence-corrected chi connectivity index (χ2v) is 10.9. The number of carbonyl (C=O) groups is 1. The molecular weight excluding hydrogens is 570 g/mol. The predicted molar refractivity (Wildman–Crippen MR) is 167 cm³/mol. The van der Waals surface area contributed by atoms with Crippen molar-refractivity contribution < 1.29 is 23.7 Å². The third-order valence-corrected chi connectivity index (χ3v) is 7.95. The van der Waals surface area contributed by atoms with Crippen LogP contribution in [0.1, 0.15) is 34.3 Å². The number of amides is 1. The van der Waals surface area contributed by atoms with Gasteiger partial charge in [-0.1, -0.05) is 35.9 Å². The Morgan fingerprint density at radius 2 is 1.49 bits per heavy atom. The minimum Gasteiger partial charge on any atom is -0.497 e. The summed E-state index contributed by atoms with van der Waals surface area (Å²) in [5, 5.41) is 3.17. The lowest BCUT2D eigenvalue weighted by Crippen LogP contribution is -2.35. The molecule has 43 heavy (non-hydrogen) atoms. The molecule has 5 rings (SSSR count). The summed E-state index contributed by atoms with van der Waals surface area (Å²) < 4.78 is 24.6. The number of benzene rings is 3. The number of hydrogen-bond acceptors (Lipinski definition) is 7. The first-order valence-electron chi connectivity index (χ1n) is 14.3. The molecule has 1 fully saturated rings. The number of halogens is 1. The van der Waals surface area contributed by atoms with Gasteiger partial charge in [0.1, 0.15) is 30.3 Å². The highest BCUT2D eigenvalue weighted by Gasteiger charge is 2.23. The molecule has 0 atom stereocenters. The fourth-order valence-electron chi connectivity index (χ4n) is 5.14. The molecule has 0 spiro atoms. The zero-order valence-electron chi connectivity index (χ0n) is 24.7. The molecule has 1 aliphatic rings. The number of nitrogens with one attached hydrogen (secondary N) is 1. The van der Waals surface area contributed by atoms with Crippen molar-refractivity contribution in [3.05, 3.63) is 92.7 Å². The van der Waals surface area contributed by atoms with Crippen LogP contribution in [-0.4, -0.2) is 55.8 Å². The van der Waals surface area contributed by atoms with Crippen LogP contribution in [0.25, 0.3) is 10.9 Å². The minimum atomic E-state index is -0.465. The van der Waals surface area contributed by atoms with Crippen LogP contribution in [0.2, 0.25) is 5.02 Å². The number of hydrogen-bond donors (Lipinski definition) is 1. The molecule has 4 aromatic rings. The van der Waals surface area contributed by atoms with Crippen molar-refractivity contribution >= 4 is 28.4 Å². The number of likely N-dealkylation sites (tertiary alicyclic amines) is 1. The highest BCUT2D eigenvalue weighted by molar-refractivity contribution is 6.37. The highest BCUT2D eigenvalue weighted by atomic mass is 35.5. The summed E-state index contributed by atoms with van der Waals surface area (Å²) in [5.41, 5.74) is 1.86. The fraction of sp³-hybridized carbons (Fsp3) is 0.333. The molecule has 2 heterocycles. The molecule has 3 aromatic carbocycles. The van der Waals surface area contributed by atoms with E-state index >= 15 is 0 Å². The monoisotopic (exact) mass is 605 g/mol. The van der Waals surface area contributed by atoms with E-state index in [0.29, 0.717) is 17.8 Å². The Morgan fingerprint density at radius 1 is 0.907 bits per heavy atom. The first-order valence-corrected chi connectivity index (χ1v) is 14.6. The summed E-state index contributed by atoms with van der Waals surface area (Å²) in [4.78, 5) is 29.1. The van der Waals surface area contributed by atoms with Crippen molar-refractivity contribution in [1.82, 2.24) is 14.8 Å². The largest absolute Gasteiger partial charge is 0.497 e. The number of aromatic nitrogens is 1. The van der Waals surface area contributed by atoms with Crippen LogP contribution in [0.3, 0.4) is 0 Å². The molecule has 0 aliphatic carbocycles. The number of methoxy groups -OCH3 is 2. The Hall–Kier alpha value is -4.21. The summed E-state index contributed by atoms with van der Waals surface area (Å²) in [5.74, 6) is 1.64. The third-order valence-electron chi connectivity index (χ3n) is 7.59. The SMILES string of the molecule is COc1ccc(COc2cc3c(c(Cl)c2OCc2ccc(OC)cc2)c(=O)c(C(=O)NCCN2CCCC2)cn3C)cc1. The van der Waals surface area contributed by atoms with Crippen LogP contribution in [0.5, 0.6) is 23.0 Å². The molecule has 1 amide bonds. The normalized spacial score (nSPS) is 13.2. The fourth-order valence-corrected chi connectivity index (χ4v) is 5.47. The van der Waals surface area contributed by atoms with Gasteiger partial charge >= 0.3 is 0 Å². The Kier molecular flexibility index (Phi) is 9.74. The Labute approximate surface area is 255 Å². The first-order chi connectivity index (χ1) is 20.9. The van der Waals surface area contributed by atoms with Crippen molar-refractivity contribution in [2.45, 2.75) is 26.1 Å². The van der Waals surface area contributed by atoms with Crippen LogP contribution in [-0.2, 0) is 20.3 Å². The summed E-state index contributed by atoms with van der Waals surface area (Å²) in [6.45, 7) is 3.68. The number of rotatable bonds is 12. The van der Waals surface area contributed by atoms with E-state index in [9.17, 15) is 9.59 Å². The molecule has 0 saturated carbocycles. The molecule has 1 aromatic heterocycles. The van der Waals surface area contributed by atoms with Gasteiger partial charge in [-0.05, 0) is 61.3 Å². The lowest BCUT2D eigenvalue weighted by molar-refractivity contribution is 0.0948. The molecule has 0 bridgehead atoms. The van der Waals surface area contributed by atoms with E-state index in [0.717, 1.165) is 42.3 Å². The van der Waals surface area contributed by atoms with Gasteiger partial charge in [-0.3, -0.25) is 9.59 Å². The quantitative estimate of drug-likeness (QED) is 0.238. The van der Waals surface area contributed by atoms with Gasteiger partial charge in [0.2, 0.25) is 5.43 Å². The molecule has 1 aliphatic heterocycles. The van der Waals surface area contributed by atoms with Gasteiger partial charge in [-0.15, -0.1) is 0 Å². The molecule has 9 nitrogen and oxygen atoms in total. The lowest BCUT2D eigenvalue weighted by Gasteiger charge is -2.18. The first kappa shape index (κ1) is 30.3. The van der Waals surface area contributed by atoms with Gasteiger partial charge in [0.25, 0.3) is 5.91 Å². The van der Waals surface area contributed by atoms with Gasteiger partial charge in [0, 0.05) is 32.4 Å². The van der Waals surface area contributed by atoms with Crippen molar-refractivity contribution in [3.8, 4) is 23.0 Å². The maximum atomic E-state index is 13.7. The van der Waals surface area contributed by atoms with Gasteiger partial charge in [-0.25, -0.2) is 0 Å². The summed E-state index contributed by atoms with van der Waals surface area (Å²) >= 11 is 6.93. The highest BCUT2D eigenvalue weighted by Crippen LogP contribution is 2.41. The second-order valence-electron chi connectivity index (χ2n) is 10.5. The maximum Gasteiger partial charge on any atom is 0.256 e. The third kappa shape index (κ3) is 7.06. The van der Waals surface area contributed by atoms with Crippen molar-refractivity contribution in [2.75, 3.05) is 40.4 Å². The number of ether oxygens (including phenoxy) is 4. The van der Waals surface area contributed by atoms with Crippen LogP contribution < -0.4 is 29.7 Å². The molecule has 0 radical (unpaired) electrons. The predicted octanol–water partition coefficient (Wildman–Crippen LogP) is 5.19. The smallest absolute Gasteiger partial charge is 0.256 e. The minimum absolute atomic E-state index is 0.0197. The van der Waals surface area contributed by atoms with Gasteiger partial charge in [0.15, 0.2) is 11.5 Å². The van der Waals surface area contributed by atoms with Gasteiger partial charge in [-0.2, -0.15) is 0 Å². The van der Waals surface area contributed by atoms with Crippen LogP contribution in [0, 0.1) is 0 Å². The molecule has 1 N–H and O–H groups in total. The number of nitrogens with zero attached hydrogens (tertiary/aromatic N) is 2. The molecule has 10 heteroatoms. The van der Waals surface area contributed by atoms with Gasteiger partial charge in [0.05, 0.1) is 30.1 Å². The van der Waals surface area contributed by atoms with E-state index in [1.54, 1.807) is 31.9 Å². The average molecular weight is 606 g/mol. The average Bonchev–Trinajstić information content (AvgIpc) is 3.55. The van der Waals surface area contributed by atoms with Crippen molar-refractivity contribution in [1.29, 1.82) is 0 Å². The van der Waals surface area contributed by atoms with E-state index in [1.165, 1.54) is 19.0 Å².